The minimum Gasteiger partial charge on any atom is -0.492 e. The molecule has 3 heteroatoms. The summed E-state index contributed by atoms with van der Waals surface area (Å²) in [6.45, 7) is 0.424. The molecule has 1 N–H and O–H groups in total. The summed E-state index contributed by atoms with van der Waals surface area (Å²) in [5.41, 5.74) is 1.93. The van der Waals surface area contributed by atoms with Gasteiger partial charge >= 0.3 is 0 Å². The number of para-hydroxylation sites is 1. The Balaban J connectivity index is 1.96. The van der Waals surface area contributed by atoms with E-state index >= 15 is 0 Å². The first-order valence-electron chi connectivity index (χ1n) is 6.10. The first-order chi connectivity index (χ1) is 9.40. The van der Waals surface area contributed by atoms with Gasteiger partial charge in [0.15, 0.2) is 0 Å². The van der Waals surface area contributed by atoms with Crippen LogP contribution in [0.5, 0.6) is 5.75 Å². The van der Waals surface area contributed by atoms with E-state index in [-0.39, 0.29) is 6.61 Å². The van der Waals surface area contributed by atoms with Gasteiger partial charge in [-0.1, -0.05) is 30.0 Å². The van der Waals surface area contributed by atoms with Crippen molar-refractivity contribution in [2.45, 2.75) is 6.42 Å². The zero-order valence-electron chi connectivity index (χ0n) is 10.5. The van der Waals surface area contributed by atoms with Gasteiger partial charge in [-0.2, -0.15) is 0 Å². The van der Waals surface area contributed by atoms with Crippen molar-refractivity contribution in [1.29, 1.82) is 0 Å². The summed E-state index contributed by atoms with van der Waals surface area (Å²) in [6.07, 6.45) is 4.39. The highest BCUT2D eigenvalue weighted by Gasteiger charge is 2.00. The number of benzene rings is 1. The molecule has 2 rings (SSSR count). The Hall–Kier alpha value is -2.31. The van der Waals surface area contributed by atoms with E-state index in [4.69, 9.17) is 9.84 Å². The van der Waals surface area contributed by atoms with Crippen molar-refractivity contribution in [3.63, 3.8) is 0 Å². The fraction of sp³-hybridized carbons (Fsp3) is 0.188. The van der Waals surface area contributed by atoms with Crippen molar-refractivity contribution < 1.29 is 9.84 Å². The van der Waals surface area contributed by atoms with Crippen molar-refractivity contribution in [1.82, 2.24) is 4.98 Å². The molecule has 1 aromatic heterocycles. The van der Waals surface area contributed by atoms with Crippen LogP contribution in [0.3, 0.4) is 0 Å². The highest BCUT2D eigenvalue weighted by Crippen LogP contribution is 2.16. The number of nitrogens with zero attached hydrogens (tertiary/aromatic N) is 1. The first kappa shape index (κ1) is 13.1. The molecular weight excluding hydrogens is 238 g/mol. The number of aliphatic hydroxyl groups excluding tert-OH is 1. The quantitative estimate of drug-likeness (QED) is 0.848. The van der Waals surface area contributed by atoms with Gasteiger partial charge in [0.1, 0.15) is 12.4 Å². The van der Waals surface area contributed by atoms with Crippen LogP contribution in [0.4, 0.5) is 0 Å². The Labute approximate surface area is 112 Å². The topological polar surface area (TPSA) is 42.4 Å². The molecule has 1 aromatic carbocycles. The average molecular weight is 253 g/mol. The summed E-state index contributed by atoms with van der Waals surface area (Å²) in [5.74, 6) is 6.25. The molecule has 2 aromatic rings. The fourth-order valence-corrected chi connectivity index (χ4v) is 1.66. The van der Waals surface area contributed by atoms with Crippen LogP contribution in [0.25, 0.3) is 0 Å². The maximum atomic E-state index is 8.72. The van der Waals surface area contributed by atoms with E-state index in [0.717, 1.165) is 23.3 Å². The Morgan fingerprint density at radius 2 is 2.05 bits per heavy atom. The third-order valence-corrected chi connectivity index (χ3v) is 2.56. The summed E-state index contributed by atoms with van der Waals surface area (Å²) < 4.78 is 5.73. The second-order valence-corrected chi connectivity index (χ2v) is 3.92. The van der Waals surface area contributed by atoms with E-state index in [9.17, 15) is 0 Å². The maximum absolute atomic E-state index is 8.72. The second-order valence-electron chi connectivity index (χ2n) is 3.92. The number of pyridine rings is 1. The maximum Gasteiger partial charge on any atom is 0.134 e. The van der Waals surface area contributed by atoms with E-state index in [1.807, 2.05) is 42.6 Å². The predicted octanol–water partition coefficient (Wildman–Crippen LogP) is 2.05. The molecule has 0 bridgehead atoms. The molecule has 0 aliphatic rings. The Morgan fingerprint density at radius 3 is 2.84 bits per heavy atom. The molecule has 0 amide bonds. The SMILES string of the molecule is OCC#Cc1ccccc1OCCc1cccnc1. The van der Waals surface area contributed by atoms with Crippen LogP contribution in [0, 0.1) is 11.8 Å². The van der Waals surface area contributed by atoms with Crippen LogP contribution < -0.4 is 4.74 Å². The summed E-state index contributed by atoms with van der Waals surface area (Å²) in [5, 5.41) is 8.72. The van der Waals surface area contributed by atoms with E-state index in [2.05, 4.69) is 16.8 Å². The molecule has 0 saturated heterocycles. The van der Waals surface area contributed by atoms with Crippen LogP contribution >= 0.6 is 0 Å². The zero-order chi connectivity index (χ0) is 13.3. The van der Waals surface area contributed by atoms with Gasteiger partial charge in [0.2, 0.25) is 0 Å². The molecule has 0 radical (unpaired) electrons. The molecule has 0 saturated carbocycles. The smallest absolute Gasteiger partial charge is 0.134 e. The molecule has 0 fully saturated rings. The molecule has 96 valence electrons. The van der Waals surface area contributed by atoms with E-state index in [1.165, 1.54) is 0 Å². The lowest BCUT2D eigenvalue weighted by molar-refractivity contribution is 0.321. The van der Waals surface area contributed by atoms with Gasteiger partial charge in [0, 0.05) is 18.8 Å². The summed E-state index contributed by atoms with van der Waals surface area (Å²) in [7, 11) is 0. The Morgan fingerprint density at radius 1 is 1.16 bits per heavy atom. The van der Waals surface area contributed by atoms with Gasteiger partial charge in [-0.3, -0.25) is 4.98 Å². The highest BCUT2D eigenvalue weighted by atomic mass is 16.5. The van der Waals surface area contributed by atoms with Crippen molar-refractivity contribution in [3.8, 4) is 17.6 Å². The monoisotopic (exact) mass is 253 g/mol. The predicted molar refractivity (Wildman–Crippen MR) is 73.8 cm³/mol. The van der Waals surface area contributed by atoms with Gasteiger partial charge in [-0.15, -0.1) is 0 Å². The van der Waals surface area contributed by atoms with Crippen LogP contribution in [-0.4, -0.2) is 23.3 Å². The molecule has 3 nitrogen and oxygen atoms in total. The fourth-order valence-electron chi connectivity index (χ4n) is 1.66. The number of aliphatic hydroxyl groups is 1. The minimum absolute atomic E-state index is 0.149. The van der Waals surface area contributed by atoms with Crippen LogP contribution in [0.2, 0.25) is 0 Å². The lowest BCUT2D eigenvalue weighted by Crippen LogP contribution is -2.02. The number of aromatic nitrogens is 1. The first-order valence-corrected chi connectivity index (χ1v) is 6.10. The van der Waals surface area contributed by atoms with Gasteiger partial charge in [0.05, 0.1) is 12.2 Å². The molecular formula is C16H15NO2. The molecule has 1 heterocycles. The number of hydrogen-bond acceptors (Lipinski definition) is 3. The minimum atomic E-state index is -0.149. The summed E-state index contributed by atoms with van der Waals surface area (Å²) >= 11 is 0. The molecule has 0 spiro atoms. The molecule has 0 aliphatic heterocycles. The highest BCUT2D eigenvalue weighted by molar-refractivity contribution is 5.45. The molecule has 19 heavy (non-hydrogen) atoms. The van der Waals surface area contributed by atoms with Crippen molar-refractivity contribution in [2.24, 2.45) is 0 Å². The standard InChI is InChI=1S/C16H15NO2/c18-11-4-7-15-6-1-2-8-16(15)19-12-9-14-5-3-10-17-13-14/h1-3,5-6,8,10,13,18H,9,11-12H2. The van der Waals surface area contributed by atoms with Crippen LogP contribution in [0.15, 0.2) is 48.8 Å². The van der Waals surface area contributed by atoms with Crippen molar-refractivity contribution >= 4 is 0 Å². The number of hydrogen-bond donors (Lipinski definition) is 1. The Kier molecular flexibility index (Phi) is 4.97. The van der Waals surface area contributed by atoms with E-state index < -0.39 is 0 Å². The Bertz CT molecular complexity index is 570. The van der Waals surface area contributed by atoms with Gasteiger partial charge in [0.25, 0.3) is 0 Å². The largest absolute Gasteiger partial charge is 0.492 e. The van der Waals surface area contributed by atoms with Gasteiger partial charge in [-0.05, 0) is 23.8 Å². The third-order valence-electron chi connectivity index (χ3n) is 2.56. The van der Waals surface area contributed by atoms with Crippen LogP contribution in [-0.2, 0) is 6.42 Å². The number of rotatable bonds is 4. The van der Waals surface area contributed by atoms with Crippen LogP contribution in [0.1, 0.15) is 11.1 Å². The zero-order valence-corrected chi connectivity index (χ0v) is 10.5. The van der Waals surface area contributed by atoms with Gasteiger partial charge < -0.3 is 9.84 Å². The lowest BCUT2D eigenvalue weighted by atomic mass is 10.2. The van der Waals surface area contributed by atoms with Crippen molar-refractivity contribution in [2.75, 3.05) is 13.2 Å². The molecule has 0 atom stereocenters. The number of ether oxygens (including phenoxy) is 1. The van der Waals surface area contributed by atoms with Gasteiger partial charge in [-0.25, -0.2) is 0 Å². The summed E-state index contributed by atoms with van der Waals surface area (Å²) in [6, 6.07) is 11.5. The second kappa shape index (κ2) is 7.20. The van der Waals surface area contributed by atoms with E-state index in [1.54, 1.807) is 6.20 Å². The molecule has 0 unspecified atom stereocenters. The normalized spacial score (nSPS) is 9.53. The van der Waals surface area contributed by atoms with E-state index in [0.29, 0.717) is 6.61 Å². The average Bonchev–Trinajstić information content (AvgIpc) is 2.47. The van der Waals surface area contributed by atoms with Crippen molar-refractivity contribution in [3.05, 3.63) is 59.9 Å². The molecule has 0 aliphatic carbocycles. The lowest BCUT2D eigenvalue weighted by Gasteiger charge is -2.07. The third kappa shape index (κ3) is 4.13. The summed E-state index contributed by atoms with van der Waals surface area (Å²) in [4.78, 5) is 4.06.